The zero-order valence-electron chi connectivity index (χ0n) is 12.0. The highest BCUT2D eigenvalue weighted by atomic mass is 32.2. The lowest BCUT2D eigenvalue weighted by Gasteiger charge is -2.21. The second-order valence-corrected chi connectivity index (χ2v) is 6.16. The lowest BCUT2D eigenvalue weighted by Crippen LogP contribution is -2.39. The van der Waals surface area contributed by atoms with Gasteiger partial charge in [-0.2, -0.15) is 4.98 Å². The summed E-state index contributed by atoms with van der Waals surface area (Å²) in [6.07, 6.45) is 0.812. The summed E-state index contributed by atoms with van der Waals surface area (Å²) in [5.41, 5.74) is 1.27. The van der Waals surface area contributed by atoms with Gasteiger partial charge >= 0.3 is 0 Å². The van der Waals surface area contributed by atoms with Crippen LogP contribution in [0.5, 0.6) is 0 Å². The van der Waals surface area contributed by atoms with Crippen LogP contribution in [0.15, 0.2) is 33.7 Å². The molecule has 2 heterocycles. The molecule has 1 aliphatic rings. The molecule has 5 nitrogen and oxygen atoms in total. The third kappa shape index (κ3) is 4.30. The minimum absolute atomic E-state index is 0.136. The number of aromatic nitrogens is 2. The van der Waals surface area contributed by atoms with Crippen molar-refractivity contribution in [2.24, 2.45) is 0 Å². The summed E-state index contributed by atoms with van der Waals surface area (Å²) in [4.78, 5) is 5.65. The predicted octanol–water partition coefficient (Wildman–Crippen LogP) is 2.20. The largest absolute Gasteiger partial charge is 0.375 e. The van der Waals surface area contributed by atoms with Crippen molar-refractivity contribution in [1.29, 1.82) is 0 Å². The fourth-order valence-electron chi connectivity index (χ4n) is 2.16. The molecular weight excluding hydrogens is 286 g/mol. The van der Waals surface area contributed by atoms with Crippen LogP contribution in [0.4, 0.5) is 0 Å². The van der Waals surface area contributed by atoms with Crippen molar-refractivity contribution in [3.05, 3.63) is 41.5 Å². The number of benzene rings is 1. The molecule has 1 aromatic carbocycles. The van der Waals surface area contributed by atoms with Gasteiger partial charge in [-0.1, -0.05) is 22.9 Å². The van der Waals surface area contributed by atoms with E-state index in [1.54, 1.807) is 11.8 Å². The fraction of sp³-hybridized carbons (Fsp3) is 0.467. The van der Waals surface area contributed by atoms with Crippen LogP contribution in [-0.4, -0.2) is 35.9 Å². The normalized spacial score (nSPS) is 18.8. The van der Waals surface area contributed by atoms with Crippen LogP contribution in [0.25, 0.3) is 0 Å². The van der Waals surface area contributed by atoms with E-state index in [9.17, 15) is 0 Å². The van der Waals surface area contributed by atoms with Gasteiger partial charge in [-0.25, -0.2) is 0 Å². The molecule has 3 rings (SSSR count). The molecule has 0 radical (unpaired) electrons. The Kier molecular flexibility index (Phi) is 4.90. The van der Waals surface area contributed by atoms with E-state index in [2.05, 4.69) is 46.6 Å². The average Bonchev–Trinajstić information content (AvgIpc) is 2.95. The molecule has 0 saturated carbocycles. The van der Waals surface area contributed by atoms with E-state index in [0.29, 0.717) is 12.3 Å². The number of hydrogen-bond donors (Lipinski definition) is 1. The molecule has 1 atom stereocenters. The molecule has 1 unspecified atom stereocenters. The van der Waals surface area contributed by atoms with Gasteiger partial charge in [0.15, 0.2) is 5.82 Å². The lowest BCUT2D eigenvalue weighted by atomic mass is 10.2. The highest BCUT2D eigenvalue weighted by molar-refractivity contribution is 7.98. The van der Waals surface area contributed by atoms with Crippen LogP contribution in [-0.2, 0) is 16.9 Å². The lowest BCUT2D eigenvalue weighted by molar-refractivity contribution is 0.0246. The Balaban J connectivity index is 1.51. The highest BCUT2D eigenvalue weighted by Gasteiger charge is 2.17. The fourth-order valence-corrected chi connectivity index (χ4v) is 2.90. The maximum Gasteiger partial charge on any atom is 0.229 e. The Hall–Kier alpha value is -1.37. The van der Waals surface area contributed by atoms with E-state index in [-0.39, 0.29) is 6.10 Å². The van der Waals surface area contributed by atoms with Gasteiger partial charge in [-0.05, 0) is 19.1 Å². The Labute approximate surface area is 128 Å². The number of nitrogens with one attached hydrogen (secondary N) is 1. The van der Waals surface area contributed by atoms with Gasteiger partial charge in [-0.15, -0.1) is 11.8 Å². The molecule has 1 saturated heterocycles. The first-order chi connectivity index (χ1) is 10.3. The van der Waals surface area contributed by atoms with Crippen molar-refractivity contribution in [2.45, 2.75) is 30.1 Å². The maximum atomic E-state index is 5.64. The number of thioether (sulfide) groups is 1. The van der Waals surface area contributed by atoms with Crippen molar-refractivity contribution in [3.8, 4) is 0 Å². The van der Waals surface area contributed by atoms with E-state index in [0.717, 1.165) is 31.3 Å². The quantitative estimate of drug-likeness (QED) is 0.855. The standard InChI is InChI=1S/C15H19N3O2S/c1-11-2-4-13(5-3-11)21-10-14-17-15(20-18-14)8-12-9-16-6-7-19-12/h2-5,12,16H,6-10H2,1H3. The zero-order chi connectivity index (χ0) is 14.5. The second-order valence-electron chi connectivity index (χ2n) is 5.11. The molecule has 1 aromatic heterocycles. The number of nitrogens with zero attached hydrogens (tertiary/aromatic N) is 2. The third-order valence-corrected chi connectivity index (χ3v) is 4.31. The first kappa shape index (κ1) is 14.6. The van der Waals surface area contributed by atoms with Gasteiger partial charge in [0.05, 0.1) is 24.9 Å². The van der Waals surface area contributed by atoms with Crippen LogP contribution < -0.4 is 5.32 Å². The maximum absolute atomic E-state index is 5.64. The van der Waals surface area contributed by atoms with E-state index >= 15 is 0 Å². The number of ether oxygens (including phenoxy) is 1. The van der Waals surface area contributed by atoms with E-state index < -0.39 is 0 Å². The summed E-state index contributed by atoms with van der Waals surface area (Å²) in [5.74, 6) is 2.11. The highest BCUT2D eigenvalue weighted by Crippen LogP contribution is 2.22. The van der Waals surface area contributed by atoms with Gasteiger partial charge in [0.2, 0.25) is 5.89 Å². The average molecular weight is 305 g/mol. The Morgan fingerprint density at radius 3 is 2.95 bits per heavy atom. The summed E-state index contributed by atoms with van der Waals surface area (Å²) >= 11 is 1.71. The second kappa shape index (κ2) is 7.06. The molecule has 0 aliphatic carbocycles. The molecule has 21 heavy (non-hydrogen) atoms. The molecule has 1 aliphatic heterocycles. The first-order valence-corrected chi connectivity index (χ1v) is 8.11. The van der Waals surface area contributed by atoms with Crippen molar-refractivity contribution in [2.75, 3.05) is 19.7 Å². The van der Waals surface area contributed by atoms with E-state index in [1.807, 2.05) is 0 Å². The molecular formula is C15H19N3O2S. The zero-order valence-corrected chi connectivity index (χ0v) is 12.9. The summed E-state index contributed by atoms with van der Waals surface area (Å²) in [6, 6.07) is 8.44. The monoisotopic (exact) mass is 305 g/mol. The van der Waals surface area contributed by atoms with Gasteiger partial charge < -0.3 is 14.6 Å². The minimum atomic E-state index is 0.136. The van der Waals surface area contributed by atoms with Crippen molar-refractivity contribution in [1.82, 2.24) is 15.5 Å². The molecule has 0 bridgehead atoms. The molecule has 1 fully saturated rings. The number of morpholine rings is 1. The molecule has 112 valence electrons. The first-order valence-electron chi connectivity index (χ1n) is 7.13. The number of hydrogen-bond acceptors (Lipinski definition) is 6. The number of aryl methyl sites for hydroxylation is 1. The van der Waals surface area contributed by atoms with Crippen molar-refractivity contribution in [3.63, 3.8) is 0 Å². The summed E-state index contributed by atoms with van der Waals surface area (Å²) < 4.78 is 10.9. The van der Waals surface area contributed by atoms with Crippen LogP contribution >= 0.6 is 11.8 Å². The van der Waals surface area contributed by atoms with Gasteiger partial charge in [0.1, 0.15) is 0 Å². The third-order valence-electron chi connectivity index (χ3n) is 3.31. The molecule has 6 heteroatoms. The SMILES string of the molecule is Cc1ccc(SCc2noc(CC3CNCCO3)n2)cc1. The Morgan fingerprint density at radius 1 is 1.33 bits per heavy atom. The summed E-state index contributed by atoms with van der Waals surface area (Å²) in [6.45, 7) is 4.59. The van der Waals surface area contributed by atoms with Crippen LogP contribution in [0.3, 0.4) is 0 Å². The van der Waals surface area contributed by atoms with Crippen molar-refractivity contribution < 1.29 is 9.26 Å². The van der Waals surface area contributed by atoms with Crippen LogP contribution in [0.2, 0.25) is 0 Å². The van der Waals surface area contributed by atoms with Crippen molar-refractivity contribution >= 4 is 11.8 Å². The molecule has 2 aromatic rings. The van der Waals surface area contributed by atoms with Crippen LogP contribution in [0.1, 0.15) is 17.3 Å². The molecule has 0 amide bonds. The summed E-state index contributed by atoms with van der Waals surface area (Å²) in [5, 5.41) is 7.33. The van der Waals surface area contributed by atoms with Gasteiger partial charge in [0.25, 0.3) is 0 Å². The molecule has 0 spiro atoms. The predicted molar refractivity (Wildman–Crippen MR) is 81.4 cm³/mol. The summed E-state index contributed by atoms with van der Waals surface area (Å²) in [7, 11) is 0. The van der Waals surface area contributed by atoms with Gasteiger partial charge in [-0.3, -0.25) is 0 Å². The number of rotatable bonds is 5. The van der Waals surface area contributed by atoms with Crippen LogP contribution in [0, 0.1) is 6.92 Å². The Bertz CT molecular complexity index is 565. The molecule has 1 N–H and O–H groups in total. The van der Waals surface area contributed by atoms with Gasteiger partial charge in [0, 0.05) is 18.0 Å². The Morgan fingerprint density at radius 2 is 2.19 bits per heavy atom. The van der Waals surface area contributed by atoms with E-state index in [4.69, 9.17) is 9.26 Å². The minimum Gasteiger partial charge on any atom is -0.375 e. The smallest absolute Gasteiger partial charge is 0.229 e. The van der Waals surface area contributed by atoms with E-state index in [1.165, 1.54) is 10.5 Å². The topological polar surface area (TPSA) is 60.2 Å².